The number of carboxylic acids is 2. The van der Waals surface area contributed by atoms with Crippen molar-refractivity contribution < 1.29 is 43.3 Å². The Hall–Kier alpha value is -1.51. The molecule has 0 saturated carbocycles. The number of amides is 1. The lowest BCUT2D eigenvalue weighted by Gasteiger charge is -2.12. The summed E-state index contributed by atoms with van der Waals surface area (Å²) < 4.78 is 24.7. The number of carboxylic acid groups (broad SMARTS) is 2. The van der Waals surface area contributed by atoms with Crippen LogP contribution < -0.4 is 5.32 Å². The van der Waals surface area contributed by atoms with E-state index >= 15 is 0 Å². The van der Waals surface area contributed by atoms with E-state index in [4.69, 9.17) is 15.1 Å². The SMILES string of the molecule is O=C(O)CC(NC(=O)CP(=O)(O)OF)C(=O)O. The quantitative estimate of drug-likeness (QED) is 0.436. The van der Waals surface area contributed by atoms with Gasteiger partial charge in [-0.05, 0) is 4.53 Å². The fourth-order valence-electron chi connectivity index (χ4n) is 0.821. The summed E-state index contributed by atoms with van der Waals surface area (Å²) in [6.07, 6.45) is -2.24. The molecule has 0 aromatic rings. The van der Waals surface area contributed by atoms with E-state index in [1.165, 1.54) is 0 Å². The van der Waals surface area contributed by atoms with Gasteiger partial charge in [0.05, 0.1) is 6.42 Å². The van der Waals surface area contributed by atoms with Crippen LogP contribution in [0.15, 0.2) is 0 Å². The van der Waals surface area contributed by atoms with E-state index in [0.717, 1.165) is 0 Å². The van der Waals surface area contributed by atoms with Crippen LogP contribution in [-0.2, 0) is 23.7 Å². The molecule has 1 amide bonds. The second kappa shape index (κ2) is 6.28. The highest BCUT2D eigenvalue weighted by Gasteiger charge is 2.29. The third-order valence-electron chi connectivity index (χ3n) is 1.46. The lowest BCUT2D eigenvalue weighted by Crippen LogP contribution is -2.43. The fraction of sp³-hybridized carbons (Fsp3) is 0.500. The maximum atomic E-state index is 11.4. The molecular formula is C6H9FNO8P. The van der Waals surface area contributed by atoms with Gasteiger partial charge in [0.25, 0.3) is 0 Å². The van der Waals surface area contributed by atoms with Gasteiger partial charge in [-0.3, -0.25) is 14.2 Å². The number of hydrogen-bond acceptors (Lipinski definition) is 5. The molecule has 0 aliphatic carbocycles. The molecular weight excluding hydrogens is 264 g/mol. The first-order valence-corrected chi connectivity index (χ1v) is 5.80. The minimum atomic E-state index is -4.77. The molecule has 0 aliphatic rings. The highest BCUT2D eigenvalue weighted by Crippen LogP contribution is 2.41. The van der Waals surface area contributed by atoms with E-state index in [9.17, 15) is 23.5 Å². The van der Waals surface area contributed by atoms with Crippen molar-refractivity contribution in [3.63, 3.8) is 0 Å². The van der Waals surface area contributed by atoms with Crippen LogP contribution in [0.2, 0.25) is 0 Å². The number of aliphatic carboxylic acids is 2. The second-order valence-electron chi connectivity index (χ2n) is 2.92. The Bertz CT molecular complexity index is 371. The molecule has 0 aliphatic heterocycles. The van der Waals surface area contributed by atoms with Crippen LogP contribution in [0.1, 0.15) is 6.42 Å². The van der Waals surface area contributed by atoms with Crippen LogP contribution in [0, 0.1) is 0 Å². The molecule has 17 heavy (non-hydrogen) atoms. The van der Waals surface area contributed by atoms with E-state index in [-0.39, 0.29) is 0 Å². The van der Waals surface area contributed by atoms with Crippen molar-refractivity contribution >= 4 is 25.4 Å². The van der Waals surface area contributed by atoms with Gasteiger partial charge in [0.15, 0.2) is 0 Å². The third kappa shape index (κ3) is 6.61. The first kappa shape index (κ1) is 15.5. The van der Waals surface area contributed by atoms with Crippen molar-refractivity contribution in [2.75, 3.05) is 6.16 Å². The molecule has 0 bridgehead atoms. The molecule has 2 atom stereocenters. The molecule has 0 heterocycles. The van der Waals surface area contributed by atoms with Crippen LogP contribution >= 0.6 is 7.60 Å². The number of hydrogen-bond donors (Lipinski definition) is 4. The predicted molar refractivity (Wildman–Crippen MR) is 48.7 cm³/mol. The molecule has 0 rings (SSSR count). The van der Waals surface area contributed by atoms with E-state index in [1.807, 2.05) is 0 Å². The highest BCUT2D eigenvalue weighted by molar-refractivity contribution is 7.53. The standard InChI is InChI=1S/C6H9FNO8P/c7-16-17(14,15)2-4(9)8-3(6(12)13)1-5(10)11/h3H,1-2H2,(H,8,9)(H,10,11)(H,12,13)(H,14,15). The molecule has 2 unspecified atom stereocenters. The summed E-state index contributed by atoms with van der Waals surface area (Å²) in [6.45, 7) is 0. The molecule has 0 spiro atoms. The molecule has 4 N–H and O–H groups in total. The summed E-state index contributed by atoms with van der Waals surface area (Å²) in [5.41, 5.74) is 0. The van der Waals surface area contributed by atoms with Gasteiger partial charge < -0.3 is 20.4 Å². The fourth-order valence-corrected chi connectivity index (χ4v) is 1.32. The molecule has 98 valence electrons. The van der Waals surface area contributed by atoms with Gasteiger partial charge in [0.2, 0.25) is 5.91 Å². The van der Waals surface area contributed by atoms with Crippen LogP contribution in [0.25, 0.3) is 0 Å². The summed E-state index contributed by atoms with van der Waals surface area (Å²) in [6, 6.07) is -1.78. The van der Waals surface area contributed by atoms with Crippen molar-refractivity contribution in [3.05, 3.63) is 0 Å². The smallest absolute Gasteiger partial charge is 0.370 e. The van der Waals surface area contributed by atoms with Crippen molar-refractivity contribution in [2.45, 2.75) is 12.5 Å². The zero-order valence-corrected chi connectivity index (χ0v) is 9.09. The number of carbonyl (C=O) groups excluding carboxylic acids is 1. The lowest BCUT2D eigenvalue weighted by atomic mass is 10.2. The zero-order chi connectivity index (χ0) is 13.6. The maximum Gasteiger partial charge on any atom is 0.370 e. The summed E-state index contributed by atoms with van der Waals surface area (Å²) in [4.78, 5) is 40.3. The van der Waals surface area contributed by atoms with Gasteiger partial charge in [-0.2, -0.15) is 0 Å². The van der Waals surface area contributed by atoms with Crippen LogP contribution in [0.5, 0.6) is 0 Å². The molecule has 9 nitrogen and oxygen atoms in total. The first-order valence-electron chi connectivity index (χ1n) is 4.04. The monoisotopic (exact) mass is 273 g/mol. The van der Waals surface area contributed by atoms with Crippen molar-refractivity contribution in [2.24, 2.45) is 0 Å². The second-order valence-corrected chi connectivity index (χ2v) is 4.65. The lowest BCUT2D eigenvalue weighted by molar-refractivity contribution is -0.147. The predicted octanol–water partition coefficient (Wildman–Crippen LogP) is -0.883. The molecule has 0 aromatic heterocycles. The average molecular weight is 273 g/mol. The largest absolute Gasteiger partial charge is 0.481 e. The minimum Gasteiger partial charge on any atom is -0.481 e. The molecule has 0 saturated heterocycles. The Labute approximate surface area is 93.6 Å². The zero-order valence-electron chi connectivity index (χ0n) is 8.20. The van der Waals surface area contributed by atoms with E-state index in [0.29, 0.717) is 0 Å². The third-order valence-corrected chi connectivity index (χ3v) is 2.37. The van der Waals surface area contributed by atoms with Gasteiger partial charge in [0, 0.05) is 0 Å². The Kier molecular flexibility index (Phi) is 5.72. The van der Waals surface area contributed by atoms with Gasteiger partial charge in [-0.1, -0.05) is 0 Å². The number of nitrogens with one attached hydrogen (secondary N) is 1. The van der Waals surface area contributed by atoms with E-state index in [2.05, 4.69) is 4.73 Å². The Balaban J connectivity index is 4.47. The Morgan fingerprint density at radius 3 is 2.24 bits per heavy atom. The Morgan fingerprint density at radius 1 is 1.35 bits per heavy atom. The summed E-state index contributed by atoms with van der Waals surface area (Å²) in [7, 11) is -4.77. The molecule has 0 aromatic carbocycles. The summed E-state index contributed by atoms with van der Waals surface area (Å²) >= 11 is 0. The highest BCUT2D eigenvalue weighted by atomic mass is 31.2. The number of rotatable bonds is 7. The Morgan fingerprint density at radius 2 is 1.88 bits per heavy atom. The topological polar surface area (TPSA) is 150 Å². The van der Waals surface area contributed by atoms with Crippen molar-refractivity contribution in [1.82, 2.24) is 5.32 Å². The first-order chi connectivity index (χ1) is 7.68. The average Bonchev–Trinajstić information content (AvgIpc) is 2.15. The molecule has 0 radical (unpaired) electrons. The summed E-state index contributed by atoms with van der Waals surface area (Å²) in [5.74, 6) is -4.46. The van der Waals surface area contributed by atoms with Gasteiger partial charge in [-0.25, -0.2) is 4.79 Å². The maximum absolute atomic E-state index is 11.4. The van der Waals surface area contributed by atoms with Gasteiger partial charge >= 0.3 is 19.5 Å². The van der Waals surface area contributed by atoms with Gasteiger partial charge in [-0.15, -0.1) is 4.73 Å². The minimum absolute atomic E-state index is 0.923. The van der Waals surface area contributed by atoms with Crippen LogP contribution in [-0.4, -0.2) is 45.2 Å². The summed E-state index contributed by atoms with van der Waals surface area (Å²) in [5, 5.41) is 18.5. The van der Waals surface area contributed by atoms with Crippen molar-refractivity contribution in [1.29, 1.82) is 0 Å². The van der Waals surface area contributed by atoms with E-state index in [1.54, 1.807) is 5.32 Å². The normalized spacial score (nSPS) is 15.6. The van der Waals surface area contributed by atoms with Crippen LogP contribution in [0.4, 0.5) is 4.53 Å². The molecule has 11 heteroatoms. The van der Waals surface area contributed by atoms with Gasteiger partial charge in [0.1, 0.15) is 12.2 Å². The van der Waals surface area contributed by atoms with Crippen LogP contribution in [0.3, 0.4) is 0 Å². The number of halogens is 1. The molecule has 0 fully saturated rings. The van der Waals surface area contributed by atoms with E-state index < -0.39 is 44.1 Å². The van der Waals surface area contributed by atoms with Crippen molar-refractivity contribution in [3.8, 4) is 0 Å². The number of carbonyl (C=O) groups is 3.